The van der Waals surface area contributed by atoms with Crippen LogP contribution in [0.1, 0.15) is 0 Å². The number of pyridine rings is 2. The fourth-order valence-electron chi connectivity index (χ4n) is 4.67. The van der Waals surface area contributed by atoms with Gasteiger partial charge in [0.2, 0.25) is 0 Å². The van der Waals surface area contributed by atoms with Crippen LogP contribution >= 0.6 is 11.6 Å². The number of H-pyrrole nitrogens is 1. The lowest BCUT2D eigenvalue weighted by Gasteiger charge is -2.15. The summed E-state index contributed by atoms with van der Waals surface area (Å²) in [5.41, 5.74) is 4.56. The zero-order chi connectivity index (χ0) is 24.9. The van der Waals surface area contributed by atoms with E-state index in [1.165, 1.54) is 4.80 Å². The third-order valence-corrected chi connectivity index (χ3v) is 6.80. The molecule has 0 radical (unpaired) electrons. The number of aromatic nitrogens is 7. The van der Waals surface area contributed by atoms with Gasteiger partial charge in [0.05, 0.1) is 41.8 Å². The van der Waals surface area contributed by atoms with Crippen molar-refractivity contribution in [2.45, 2.75) is 24.4 Å². The Morgan fingerprint density at radius 1 is 0.946 bits per heavy atom. The van der Waals surface area contributed by atoms with E-state index in [-0.39, 0.29) is 24.9 Å². The molecule has 0 amide bonds. The second kappa shape index (κ2) is 8.89. The van der Waals surface area contributed by atoms with E-state index in [4.69, 9.17) is 25.8 Å². The number of aromatic amines is 1. The lowest BCUT2D eigenvalue weighted by molar-refractivity contribution is 0.00706. The van der Waals surface area contributed by atoms with Crippen molar-refractivity contribution in [3.05, 3.63) is 66.1 Å². The molecule has 2 fully saturated rings. The number of benzene rings is 1. The largest absolute Gasteiger partial charge is 0.456 e. The van der Waals surface area contributed by atoms with E-state index in [2.05, 4.69) is 30.1 Å². The predicted octanol–water partition coefficient (Wildman–Crippen LogP) is 2.83. The third kappa shape index (κ3) is 4.02. The zero-order valence-electron chi connectivity index (χ0n) is 19.2. The molecule has 0 bridgehead atoms. The van der Waals surface area contributed by atoms with Gasteiger partial charge in [-0.15, -0.1) is 4.80 Å². The molecule has 5 aromatic rings. The number of aliphatic hydroxyl groups excluding tert-OH is 1. The maximum absolute atomic E-state index is 9.93. The number of halogens is 1. The Morgan fingerprint density at radius 3 is 2.49 bits per heavy atom. The summed E-state index contributed by atoms with van der Waals surface area (Å²) in [6, 6.07) is 13.8. The van der Waals surface area contributed by atoms with Gasteiger partial charge in [0.25, 0.3) is 6.01 Å². The molecule has 4 aromatic heterocycles. The van der Waals surface area contributed by atoms with Crippen LogP contribution in [0.2, 0.25) is 5.02 Å². The lowest BCUT2D eigenvalue weighted by atomic mass is 10.0. The van der Waals surface area contributed by atoms with Crippen molar-refractivity contribution in [2.24, 2.45) is 0 Å². The molecule has 2 N–H and O–H groups in total. The van der Waals surface area contributed by atoms with Crippen molar-refractivity contribution >= 4 is 22.8 Å². The highest BCUT2D eigenvalue weighted by Gasteiger charge is 2.48. The van der Waals surface area contributed by atoms with Crippen LogP contribution in [-0.4, -0.2) is 77.7 Å². The Hall–Kier alpha value is -3.90. The highest BCUT2D eigenvalue weighted by molar-refractivity contribution is 6.33. The maximum Gasteiger partial charge on any atom is 0.296 e. The number of nitrogens with one attached hydrogen (secondary N) is 1. The van der Waals surface area contributed by atoms with Crippen LogP contribution in [0, 0.1) is 0 Å². The smallest absolute Gasteiger partial charge is 0.296 e. The Bertz CT molecular complexity index is 1560. The predicted molar refractivity (Wildman–Crippen MR) is 132 cm³/mol. The van der Waals surface area contributed by atoms with E-state index in [9.17, 15) is 5.11 Å². The molecule has 1 aromatic carbocycles. The number of ether oxygens (including phenoxy) is 3. The minimum absolute atomic E-state index is 0.235. The van der Waals surface area contributed by atoms with Crippen LogP contribution in [0.15, 0.2) is 61.1 Å². The zero-order valence-corrected chi connectivity index (χ0v) is 20.0. The second-order valence-corrected chi connectivity index (χ2v) is 9.26. The molecule has 0 spiro atoms. The van der Waals surface area contributed by atoms with E-state index >= 15 is 0 Å². The molecular weight excluding hydrogens is 498 g/mol. The number of nitrogens with zero attached hydrogens (tertiary/aromatic N) is 6. The van der Waals surface area contributed by atoms with Crippen molar-refractivity contribution in [2.75, 3.05) is 13.2 Å². The molecular formula is C25H20ClN7O4. The molecule has 7 rings (SSSR count). The maximum atomic E-state index is 9.93. The minimum Gasteiger partial charge on any atom is -0.456 e. The molecule has 11 nitrogen and oxygen atoms in total. The van der Waals surface area contributed by atoms with Crippen LogP contribution in [0.4, 0.5) is 0 Å². The third-order valence-electron chi connectivity index (χ3n) is 6.51. The van der Waals surface area contributed by atoms with E-state index < -0.39 is 6.10 Å². The normalized spacial score (nSPS) is 23.0. The summed E-state index contributed by atoms with van der Waals surface area (Å²) in [6.45, 7) is 0.548. The molecule has 12 heteroatoms. The van der Waals surface area contributed by atoms with Crippen molar-refractivity contribution < 1.29 is 19.3 Å². The van der Waals surface area contributed by atoms with Gasteiger partial charge in [-0.1, -0.05) is 35.9 Å². The van der Waals surface area contributed by atoms with Crippen LogP contribution in [0.5, 0.6) is 6.01 Å². The Morgan fingerprint density at radius 2 is 1.70 bits per heavy atom. The molecule has 0 aliphatic carbocycles. The number of hydrogen-bond acceptors (Lipinski definition) is 9. The van der Waals surface area contributed by atoms with Gasteiger partial charge >= 0.3 is 0 Å². The summed E-state index contributed by atoms with van der Waals surface area (Å²) in [5.74, 6) is 0.644. The Labute approximate surface area is 215 Å². The molecule has 6 heterocycles. The van der Waals surface area contributed by atoms with Crippen LogP contribution in [0.25, 0.3) is 39.4 Å². The summed E-state index contributed by atoms with van der Waals surface area (Å²) in [4.78, 5) is 18.2. The average molecular weight is 518 g/mol. The van der Waals surface area contributed by atoms with Gasteiger partial charge in [-0.25, -0.2) is 9.97 Å². The molecule has 186 valence electrons. The number of aliphatic hydroxyl groups is 1. The first-order valence-corrected chi connectivity index (χ1v) is 12.1. The average Bonchev–Trinajstić information content (AvgIpc) is 3.71. The van der Waals surface area contributed by atoms with Crippen LogP contribution in [-0.2, 0) is 9.47 Å². The number of rotatable bonds is 5. The van der Waals surface area contributed by atoms with Gasteiger partial charge in [-0.2, -0.15) is 15.2 Å². The quantitative estimate of drug-likeness (QED) is 0.361. The fraction of sp³-hybridized carbons (Fsp3) is 0.240. The van der Waals surface area contributed by atoms with Gasteiger partial charge in [0.15, 0.2) is 17.6 Å². The van der Waals surface area contributed by atoms with E-state index in [0.717, 1.165) is 16.7 Å². The molecule has 4 atom stereocenters. The summed E-state index contributed by atoms with van der Waals surface area (Å²) in [7, 11) is 0. The number of hydrogen-bond donors (Lipinski definition) is 2. The van der Waals surface area contributed by atoms with E-state index in [0.29, 0.717) is 40.3 Å². The van der Waals surface area contributed by atoms with E-state index in [1.54, 1.807) is 24.7 Å². The Kier molecular flexibility index (Phi) is 5.36. The topological polar surface area (TPSA) is 133 Å². The SMILES string of the molecule is O[C@@H]1COC2[C@H](Oc3nc4nc(-c5ccc(-c6ccc(-n7nccn7)nc6)cc5)c(Cl)cc4[nH]3)CO[C@@H]21. The molecule has 0 saturated carbocycles. The van der Waals surface area contributed by atoms with Gasteiger partial charge in [0.1, 0.15) is 18.3 Å². The minimum atomic E-state index is -0.640. The standard InChI is InChI=1S/C25H20ClN7O4/c26-16-9-17-24(32-25(30-17)37-19-12-36-22-18(34)11-35-23(19)22)31-21(16)14-3-1-13(2-4-14)15-5-6-20(27-10-15)33-28-7-8-29-33/h1-10,18-19,22-23,34H,11-12H2,(H,30,31,32)/t18-,19-,22-,23?/m1/s1. The van der Waals surface area contributed by atoms with E-state index in [1.807, 2.05) is 36.4 Å². The summed E-state index contributed by atoms with van der Waals surface area (Å²) < 4.78 is 17.2. The highest BCUT2D eigenvalue weighted by Crippen LogP contribution is 2.33. The van der Waals surface area contributed by atoms with Crippen molar-refractivity contribution in [1.82, 2.24) is 34.9 Å². The summed E-state index contributed by atoms with van der Waals surface area (Å²) in [5, 5.41) is 18.6. The summed E-state index contributed by atoms with van der Waals surface area (Å²) >= 11 is 6.59. The summed E-state index contributed by atoms with van der Waals surface area (Å²) in [6.07, 6.45) is 3.28. The van der Waals surface area contributed by atoms with Gasteiger partial charge in [0, 0.05) is 17.3 Å². The Balaban J connectivity index is 1.11. The van der Waals surface area contributed by atoms with Crippen molar-refractivity contribution in [3.63, 3.8) is 0 Å². The molecule has 2 aliphatic heterocycles. The van der Waals surface area contributed by atoms with Gasteiger partial charge in [-0.3, -0.25) is 0 Å². The van der Waals surface area contributed by atoms with Crippen molar-refractivity contribution in [1.29, 1.82) is 0 Å². The molecule has 2 saturated heterocycles. The lowest BCUT2D eigenvalue weighted by Crippen LogP contribution is -2.34. The first-order chi connectivity index (χ1) is 18.1. The first-order valence-electron chi connectivity index (χ1n) is 11.7. The van der Waals surface area contributed by atoms with Gasteiger partial charge < -0.3 is 24.3 Å². The fourth-order valence-corrected chi connectivity index (χ4v) is 4.93. The first kappa shape index (κ1) is 22.3. The van der Waals surface area contributed by atoms with Gasteiger partial charge in [-0.05, 0) is 23.8 Å². The number of fused-ring (bicyclic) bond motifs is 2. The van der Waals surface area contributed by atoms with Crippen LogP contribution < -0.4 is 4.74 Å². The molecule has 2 aliphatic rings. The number of imidazole rings is 1. The molecule has 37 heavy (non-hydrogen) atoms. The molecule has 1 unspecified atom stereocenters. The van der Waals surface area contributed by atoms with Crippen LogP contribution in [0.3, 0.4) is 0 Å². The van der Waals surface area contributed by atoms with Crippen molar-refractivity contribution in [3.8, 4) is 34.2 Å². The highest BCUT2D eigenvalue weighted by atomic mass is 35.5. The monoisotopic (exact) mass is 517 g/mol. The second-order valence-electron chi connectivity index (χ2n) is 8.85.